The Hall–Kier alpha value is -7.18. The molecule has 0 atom stereocenters. The van der Waals surface area contributed by atoms with Crippen molar-refractivity contribution in [1.82, 2.24) is 24.5 Å². The van der Waals surface area contributed by atoms with Crippen molar-refractivity contribution < 1.29 is 4.42 Å². The second-order valence-electron chi connectivity index (χ2n) is 12.7. The van der Waals surface area contributed by atoms with Crippen LogP contribution in [-0.2, 0) is 0 Å². The highest BCUT2D eigenvalue weighted by Crippen LogP contribution is 2.52. The van der Waals surface area contributed by atoms with E-state index in [0.29, 0.717) is 0 Å². The minimum Gasteiger partial charge on any atom is -0.454 e. The van der Waals surface area contributed by atoms with Gasteiger partial charge in [-0.25, -0.2) is 0 Å². The Morgan fingerprint density at radius 3 is 1.56 bits per heavy atom. The van der Waals surface area contributed by atoms with E-state index in [0.717, 1.165) is 94.3 Å². The molecular weight excluding hydrogens is 639 g/mol. The predicted molar refractivity (Wildman–Crippen MR) is 209 cm³/mol. The van der Waals surface area contributed by atoms with Crippen LogP contribution >= 0.6 is 0 Å². The van der Waals surface area contributed by atoms with Crippen LogP contribution in [-0.4, -0.2) is 24.5 Å². The Bertz CT molecular complexity index is 2880. The van der Waals surface area contributed by atoms with E-state index in [4.69, 9.17) is 4.42 Å². The lowest BCUT2D eigenvalue weighted by Gasteiger charge is -2.25. The summed E-state index contributed by atoms with van der Waals surface area (Å²) in [6.07, 6.45) is 14.9. The molecule has 0 aliphatic rings. The third-order valence-corrected chi connectivity index (χ3v) is 9.84. The monoisotopic (exact) mass is 667 g/mol. The fourth-order valence-electron chi connectivity index (χ4n) is 7.65. The highest BCUT2D eigenvalue weighted by atomic mass is 16.3. The largest absolute Gasteiger partial charge is 0.454 e. The van der Waals surface area contributed by atoms with Gasteiger partial charge in [0.25, 0.3) is 0 Å². The number of hydrogen-bond donors (Lipinski definition) is 0. The number of furan rings is 1. The van der Waals surface area contributed by atoms with Gasteiger partial charge < -0.3 is 8.98 Å². The SMILES string of the molecule is c1ccc(-n2c3ccccc3c3oc4ccccc4c32)c(-c2c(-c3ccncc3)cc(-c3ccncc3)c(-c3ccncc3)c2-c2ccncc2)c1. The van der Waals surface area contributed by atoms with Crippen molar-refractivity contribution in [3.63, 3.8) is 0 Å². The zero-order valence-corrected chi connectivity index (χ0v) is 27.9. The van der Waals surface area contributed by atoms with Crippen molar-refractivity contribution in [2.45, 2.75) is 0 Å². The summed E-state index contributed by atoms with van der Waals surface area (Å²) >= 11 is 0. The lowest BCUT2D eigenvalue weighted by Crippen LogP contribution is -2.02. The molecule has 6 heterocycles. The van der Waals surface area contributed by atoms with Crippen LogP contribution in [0.4, 0.5) is 0 Å². The van der Waals surface area contributed by atoms with Crippen molar-refractivity contribution in [2.75, 3.05) is 0 Å². The molecule has 0 fully saturated rings. The first-order valence-corrected chi connectivity index (χ1v) is 17.2. The van der Waals surface area contributed by atoms with Crippen LogP contribution in [0.25, 0.3) is 94.3 Å². The topological polar surface area (TPSA) is 69.6 Å². The van der Waals surface area contributed by atoms with Crippen molar-refractivity contribution in [3.05, 3.63) is 177 Å². The van der Waals surface area contributed by atoms with Crippen LogP contribution in [0.1, 0.15) is 0 Å². The third-order valence-electron chi connectivity index (χ3n) is 9.84. The zero-order valence-electron chi connectivity index (χ0n) is 27.9. The summed E-state index contributed by atoms with van der Waals surface area (Å²) in [5.74, 6) is 0. The first-order chi connectivity index (χ1) is 25.8. The van der Waals surface area contributed by atoms with Crippen LogP contribution in [0.15, 0.2) is 181 Å². The van der Waals surface area contributed by atoms with Crippen molar-refractivity contribution in [2.24, 2.45) is 0 Å². The quantitative estimate of drug-likeness (QED) is 0.176. The lowest BCUT2D eigenvalue weighted by atomic mass is 9.79. The van der Waals surface area contributed by atoms with Crippen molar-refractivity contribution in [1.29, 1.82) is 0 Å². The second kappa shape index (κ2) is 12.3. The number of pyridine rings is 4. The maximum atomic E-state index is 6.60. The van der Waals surface area contributed by atoms with E-state index in [1.807, 2.05) is 61.7 Å². The van der Waals surface area contributed by atoms with E-state index in [1.54, 1.807) is 0 Å². The van der Waals surface area contributed by atoms with Crippen LogP contribution in [0.3, 0.4) is 0 Å². The van der Waals surface area contributed by atoms with E-state index >= 15 is 0 Å². The molecular formula is C46H29N5O. The molecule has 4 aromatic carbocycles. The van der Waals surface area contributed by atoms with Gasteiger partial charge in [-0.2, -0.15) is 0 Å². The second-order valence-corrected chi connectivity index (χ2v) is 12.7. The normalized spacial score (nSPS) is 11.5. The molecule has 244 valence electrons. The standard InChI is InChI=1S/C46H29N5O/c1-4-10-39(51-40-11-5-2-8-35(40)46-45(51)36-9-3-6-12-41(36)52-46)34(7-1)44-38(31-15-23-48-24-16-31)29-37(30-13-21-47-22-14-30)42(32-17-25-49-26-18-32)43(44)33-19-27-50-28-20-33/h1-29H. The average Bonchev–Trinajstić information content (AvgIpc) is 3.76. The molecule has 6 aromatic heterocycles. The first-order valence-electron chi connectivity index (χ1n) is 17.2. The molecule has 0 saturated carbocycles. The lowest BCUT2D eigenvalue weighted by molar-refractivity contribution is 0.673. The summed E-state index contributed by atoms with van der Waals surface area (Å²) in [5.41, 5.74) is 15.7. The summed E-state index contributed by atoms with van der Waals surface area (Å²) in [6, 6.07) is 44.6. The van der Waals surface area contributed by atoms with Crippen LogP contribution < -0.4 is 0 Å². The van der Waals surface area contributed by atoms with Crippen LogP contribution in [0.5, 0.6) is 0 Å². The van der Waals surface area contributed by atoms with Gasteiger partial charge in [-0.1, -0.05) is 42.5 Å². The number of fused-ring (bicyclic) bond motifs is 5. The van der Waals surface area contributed by atoms with E-state index in [-0.39, 0.29) is 0 Å². The van der Waals surface area contributed by atoms with Crippen LogP contribution in [0, 0.1) is 0 Å². The smallest absolute Gasteiger partial charge is 0.161 e. The molecule has 0 unspecified atom stereocenters. The number of hydrogen-bond acceptors (Lipinski definition) is 5. The molecule has 10 rings (SSSR count). The maximum Gasteiger partial charge on any atom is 0.161 e. The number of nitrogens with zero attached hydrogens (tertiary/aromatic N) is 5. The molecule has 0 radical (unpaired) electrons. The molecule has 10 aromatic rings. The number of rotatable bonds is 6. The predicted octanol–water partition coefficient (Wildman–Crippen LogP) is 11.4. The minimum atomic E-state index is 0.862. The summed E-state index contributed by atoms with van der Waals surface area (Å²) in [4.78, 5) is 17.6. The fourth-order valence-corrected chi connectivity index (χ4v) is 7.65. The van der Waals surface area contributed by atoms with Gasteiger partial charge in [0.1, 0.15) is 11.1 Å². The van der Waals surface area contributed by atoms with Crippen molar-refractivity contribution >= 4 is 33.0 Å². The molecule has 52 heavy (non-hydrogen) atoms. The number of para-hydroxylation sites is 3. The summed E-state index contributed by atoms with van der Waals surface area (Å²) in [5, 5.41) is 2.13. The molecule has 0 spiro atoms. The summed E-state index contributed by atoms with van der Waals surface area (Å²) < 4.78 is 8.97. The highest BCUT2D eigenvalue weighted by Gasteiger charge is 2.27. The van der Waals surface area contributed by atoms with Gasteiger partial charge >= 0.3 is 0 Å². The Morgan fingerprint density at radius 1 is 0.404 bits per heavy atom. The Balaban J connectivity index is 1.42. The van der Waals surface area contributed by atoms with E-state index < -0.39 is 0 Å². The third kappa shape index (κ3) is 4.73. The highest BCUT2D eigenvalue weighted by molar-refractivity contribution is 6.17. The Labute approximate surface area is 299 Å². The Kier molecular flexibility index (Phi) is 7.03. The van der Waals surface area contributed by atoms with Gasteiger partial charge in [0.2, 0.25) is 0 Å². The fraction of sp³-hybridized carbons (Fsp3) is 0. The molecule has 0 aliphatic heterocycles. The molecule has 0 saturated heterocycles. The maximum absolute atomic E-state index is 6.60. The minimum absolute atomic E-state index is 0.862. The van der Waals surface area contributed by atoms with E-state index in [9.17, 15) is 0 Å². The van der Waals surface area contributed by atoms with Crippen LogP contribution in [0.2, 0.25) is 0 Å². The average molecular weight is 668 g/mol. The number of aromatic nitrogens is 5. The van der Waals surface area contributed by atoms with Gasteiger partial charge in [0.05, 0.1) is 11.2 Å². The summed E-state index contributed by atoms with van der Waals surface area (Å²) in [7, 11) is 0. The first kappa shape index (κ1) is 29.7. The molecule has 6 heteroatoms. The van der Waals surface area contributed by atoms with Crippen molar-refractivity contribution in [3.8, 4) is 61.3 Å². The van der Waals surface area contributed by atoms with Gasteiger partial charge in [-0.05, 0) is 129 Å². The van der Waals surface area contributed by atoms with E-state index in [2.05, 4.69) is 140 Å². The van der Waals surface area contributed by atoms with Gasteiger partial charge in [-0.3, -0.25) is 19.9 Å². The zero-order chi connectivity index (χ0) is 34.4. The summed E-state index contributed by atoms with van der Waals surface area (Å²) in [6.45, 7) is 0. The van der Waals surface area contributed by atoms with Gasteiger partial charge in [0, 0.05) is 71.5 Å². The molecule has 0 amide bonds. The van der Waals surface area contributed by atoms with Gasteiger partial charge in [0.15, 0.2) is 5.58 Å². The van der Waals surface area contributed by atoms with Gasteiger partial charge in [-0.15, -0.1) is 0 Å². The molecule has 6 nitrogen and oxygen atoms in total. The molecule has 0 aliphatic carbocycles. The van der Waals surface area contributed by atoms with E-state index in [1.165, 1.54) is 0 Å². The molecule has 0 bridgehead atoms. The Morgan fingerprint density at radius 2 is 0.904 bits per heavy atom. The molecule has 0 N–H and O–H groups in total. The number of benzene rings is 4.